The largest absolute Gasteiger partial charge is 0.618 e. The highest BCUT2D eigenvalue weighted by molar-refractivity contribution is 6.31. The number of nitrogens with zero attached hydrogens (tertiary/aromatic N) is 9. The lowest BCUT2D eigenvalue weighted by molar-refractivity contribution is -0.615. The topological polar surface area (TPSA) is 123 Å². The van der Waals surface area contributed by atoms with Crippen molar-refractivity contribution in [2.24, 2.45) is 0 Å². The van der Waals surface area contributed by atoms with Crippen molar-refractivity contribution >= 4 is 11.6 Å². The van der Waals surface area contributed by atoms with E-state index in [-0.39, 0.29) is 45.2 Å². The Balaban J connectivity index is 1.54. The second kappa shape index (κ2) is 11.7. The molecule has 4 heterocycles. The molecule has 18 heteroatoms. The summed E-state index contributed by atoms with van der Waals surface area (Å²) in [6, 6.07) is 5.67. The highest BCUT2D eigenvalue weighted by Crippen LogP contribution is 2.34. The van der Waals surface area contributed by atoms with Gasteiger partial charge in [0.1, 0.15) is 12.4 Å². The fourth-order valence-corrected chi connectivity index (χ4v) is 4.31. The van der Waals surface area contributed by atoms with Gasteiger partial charge in [-0.15, -0.1) is 5.10 Å². The molecule has 0 fully saturated rings. The monoisotopic (exact) mass is 611 g/mol. The van der Waals surface area contributed by atoms with Crippen molar-refractivity contribution in [3.63, 3.8) is 0 Å². The van der Waals surface area contributed by atoms with E-state index >= 15 is 4.39 Å². The van der Waals surface area contributed by atoms with Gasteiger partial charge < -0.3 is 9.94 Å². The molecule has 0 aliphatic heterocycles. The van der Waals surface area contributed by atoms with Crippen molar-refractivity contribution in [2.45, 2.75) is 25.3 Å². The molecule has 0 spiro atoms. The number of benzene rings is 1. The normalized spacial score (nSPS) is 12.7. The Hall–Kier alpha value is -4.64. The highest BCUT2D eigenvalue weighted by Gasteiger charge is 2.35. The van der Waals surface area contributed by atoms with Gasteiger partial charge in [-0.05, 0) is 34.7 Å². The SMILES string of the molecule is [O-][n+]1cc(-c2c(-n3cnnn3)ccc(Cl)c2F)ccc1[C@H](CCOC(F)F)n1cc(-c2ccnc(C(F)(F)F)n2)cn1. The lowest BCUT2D eigenvalue weighted by Gasteiger charge is -2.18. The van der Waals surface area contributed by atoms with Gasteiger partial charge in [0, 0.05) is 30.4 Å². The third-order valence-electron chi connectivity index (χ3n) is 6.00. The van der Waals surface area contributed by atoms with Crippen molar-refractivity contribution < 1.29 is 35.8 Å². The smallest absolute Gasteiger partial charge is 0.451 e. The maximum Gasteiger partial charge on any atom is 0.451 e. The summed E-state index contributed by atoms with van der Waals surface area (Å²) in [6.45, 7) is -3.59. The Morgan fingerprint density at radius 1 is 1.10 bits per heavy atom. The molecule has 0 amide bonds. The Kier molecular flexibility index (Phi) is 8.04. The van der Waals surface area contributed by atoms with Crippen LogP contribution in [-0.4, -0.2) is 53.2 Å². The molecule has 5 rings (SSSR count). The molecule has 0 radical (unpaired) electrons. The van der Waals surface area contributed by atoms with Gasteiger partial charge >= 0.3 is 12.8 Å². The molecule has 42 heavy (non-hydrogen) atoms. The summed E-state index contributed by atoms with van der Waals surface area (Å²) in [6.07, 6.45) is 0.719. The van der Waals surface area contributed by atoms with Crippen LogP contribution in [0, 0.1) is 11.0 Å². The average Bonchev–Trinajstić information content (AvgIpc) is 3.66. The van der Waals surface area contributed by atoms with Crippen LogP contribution in [0.5, 0.6) is 0 Å². The molecule has 0 saturated carbocycles. The Morgan fingerprint density at radius 3 is 2.60 bits per heavy atom. The van der Waals surface area contributed by atoms with Crippen LogP contribution in [0.2, 0.25) is 5.02 Å². The van der Waals surface area contributed by atoms with E-state index in [2.05, 4.69) is 35.3 Å². The van der Waals surface area contributed by atoms with Crippen LogP contribution < -0.4 is 4.73 Å². The molecular weight excluding hydrogens is 596 g/mol. The summed E-state index contributed by atoms with van der Waals surface area (Å²) in [5.41, 5.74) is 0.192. The Morgan fingerprint density at radius 2 is 1.90 bits per heavy atom. The number of pyridine rings is 1. The number of tetrazole rings is 1. The maximum atomic E-state index is 15.2. The molecule has 0 N–H and O–H groups in total. The van der Waals surface area contributed by atoms with E-state index in [0.29, 0.717) is 4.73 Å². The zero-order valence-corrected chi connectivity index (χ0v) is 21.6. The van der Waals surface area contributed by atoms with Gasteiger partial charge in [0.15, 0.2) is 12.0 Å². The molecule has 218 valence electrons. The summed E-state index contributed by atoms with van der Waals surface area (Å²) >= 11 is 5.99. The van der Waals surface area contributed by atoms with Crippen LogP contribution >= 0.6 is 11.6 Å². The van der Waals surface area contributed by atoms with Gasteiger partial charge in [-0.2, -0.15) is 36.5 Å². The van der Waals surface area contributed by atoms with Gasteiger partial charge in [-0.1, -0.05) is 11.6 Å². The number of ether oxygens (including phenoxy) is 1. The lowest BCUT2D eigenvalue weighted by atomic mass is 10.0. The molecule has 11 nitrogen and oxygen atoms in total. The van der Waals surface area contributed by atoms with E-state index in [1.165, 1.54) is 58.4 Å². The molecule has 1 aromatic carbocycles. The molecule has 0 saturated heterocycles. The van der Waals surface area contributed by atoms with Gasteiger partial charge in [-0.3, -0.25) is 4.68 Å². The minimum Gasteiger partial charge on any atom is -0.618 e. The quantitative estimate of drug-likeness (QED) is 0.134. The van der Waals surface area contributed by atoms with Crippen LogP contribution in [0.4, 0.5) is 26.3 Å². The van der Waals surface area contributed by atoms with Crippen LogP contribution in [0.3, 0.4) is 0 Å². The molecule has 5 aromatic rings. The van der Waals surface area contributed by atoms with Crippen LogP contribution in [0.25, 0.3) is 28.1 Å². The summed E-state index contributed by atoms with van der Waals surface area (Å²) in [4.78, 5) is 6.73. The van der Waals surface area contributed by atoms with Crippen molar-refractivity contribution in [2.75, 3.05) is 6.61 Å². The lowest BCUT2D eigenvalue weighted by Crippen LogP contribution is -2.36. The van der Waals surface area contributed by atoms with Crippen LogP contribution in [0.1, 0.15) is 24.0 Å². The van der Waals surface area contributed by atoms with Crippen molar-refractivity contribution in [3.05, 3.63) is 89.0 Å². The second-order valence-electron chi connectivity index (χ2n) is 8.59. The number of rotatable bonds is 9. The summed E-state index contributed by atoms with van der Waals surface area (Å²) in [5.74, 6) is -2.21. The molecule has 0 aliphatic carbocycles. The van der Waals surface area contributed by atoms with Gasteiger partial charge in [0.25, 0.3) is 0 Å². The highest BCUT2D eigenvalue weighted by atomic mass is 35.5. The van der Waals surface area contributed by atoms with E-state index in [0.717, 1.165) is 12.4 Å². The number of halogens is 7. The minimum atomic E-state index is -4.79. The third-order valence-corrected chi connectivity index (χ3v) is 6.30. The molecule has 4 aromatic heterocycles. The van der Waals surface area contributed by atoms with Crippen LogP contribution in [0.15, 0.2) is 61.4 Å². The molecule has 0 aliphatic rings. The van der Waals surface area contributed by atoms with Crippen LogP contribution in [-0.2, 0) is 10.9 Å². The predicted molar refractivity (Wildman–Crippen MR) is 131 cm³/mol. The van der Waals surface area contributed by atoms with Gasteiger partial charge in [0.2, 0.25) is 11.5 Å². The fourth-order valence-electron chi connectivity index (χ4n) is 4.16. The first-order valence-electron chi connectivity index (χ1n) is 11.8. The van der Waals surface area contributed by atoms with E-state index in [1.807, 2.05) is 0 Å². The maximum absolute atomic E-state index is 15.2. The van der Waals surface area contributed by atoms with Gasteiger partial charge in [0.05, 0.1) is 40.3 Å². The fraction of sp³-hybridized carbons (Fsp3) is 0.208. The first kappa shape index (κ1) is 28.9. The van der Waals surface area contributed by atoms with E-state index < -0.39 is 37.1 Å². The molecule has 0 bridgehead atoms. The first-order chi connectivity index (χ1) is 20.0. The standard InChI is InChI=1S/C24H16ClF6N9O2/c25-15-2-4-19(39-12-33-36-37-39)20(21(15)26)13-1-3-18(40(41)11-13)17(6-8-42-23(27)28)38-10-14(9-34-38)16-5-7-32-22(35-16)24(29,30)31/h1-5,7,9-12,17,23H,6,8H2/t17-/m0/s1. The van der Waals surface area contributed by atoms with E-state index in [1.54, 1.807) is 0 Å². The third kappa shape index (κ3) is 6.01. The zero-order chi connectivity index (χ0) is 30.0. The minimum absolute atomic E-state index is 0.0173. The number of aromatic nitrogens is 9. The molecule has 0 unspecified atom stereocenters. The summed E-state index contributed by atoms with van der Waals surface area (Å²) in [5, 5.41) is 28.0. The number of hydrogen-bond acceptors (Lipinski definition) is 8. The van der Waals surface area contributed by atoms with E-state index in [4.69, 9.17) is 11.6 Å². The Bertz CT molecular complexity index is 1700. The van der Waals surface area contributed by atoms with E-state index in [9.17, 15) is 27.2 Å². The summed E-state index contributed by atoms with van der Waals surface area (Å²) < 4.78 is 87.0. The average molecular weight is 612 g/mol. The Labute approximate surface area is 236 Å². The number of alkyl halides is 5. The molecule has 1 atom stereocenters. The van der Waals surface area contributed by atoms with Crippen molar-refractivity contribution in [1.29, 1.82) is 0 Å². The van der Waals surface area contributed by atoms with Crippen molar-refractivity contribution in [3.8, 4) is 28.1 Å². The van der Waals surface area contributed by atoms with Crippen molar-refractivity contribution in [1.82, 2.24) is 40.0 Å². The predicted octanol–water partition coefficient (Wildman–Crippen LogP) is 4.65. The first-order valence-corrected chi connectivity index (χ1v) is 12.2. The van der Waals surface area contributed by atoms with Gasteiger partial charge in [-0.25, -0.2) is 14.4 Å². The summed E-state index contributed by atoms with van der Waals surface area (Å²) in [7, 11) is 0. The molecular formula is C24H16ClF6N9O2. The second-order valence-corrected chi connectivity index (χ2v) is 8.99. The zero-order valence-electron chi connectivity index (χ0n) is 20.8. The number of hydrogen-bond donors (Lipinski definition) is 0.